The van der Waals surface area contributed by atoms with Crippen LogP contribution < -0.4 is 15.8 Å². The highest BCUT2D eigenvalue weighted by Gasteiger charge is 2.24. The topological polar surface area (TPSA) is 107 Å². The van der Waals surface area contributed by atoms with Crippen LogP contribution in [0.2, 0.25) is 0 Å². The summed E-state index contributed by atoms with van der Waals surface area (Å²) in [4.78, 5) is 13.2. The number of piperidine rings is 1. The van der Waals surface area contributed by atoms with Crippen molar-refractivity contribution in [3.8, 4) is 17.2 Å². The summed E-state index contributed by atoms with van der Waals surface area (Å²) in [7, 11) is 1.63. The van der Waals surface area contributed by atoms with Gasteiger partial charge in [0.2, 0.25) is 11.8 Å². The average molecular weight is 345 g/mol. The zero-order chi connectivity index (χ0) is 17.6. The number of aromatic nitrogens is 2. The third kappa shape index (κ3) is 4.48. The molecule has 1 saturated heterocycles. The second-order valence-corrected chi connectivity index (χ2v) is 6.09. The van der Waals surface area contributed by atoms with E-state index in [1.54, 1.807) is 7.11 Å². The van der Waals surface area contributed by atoms with Crippen LogP contribution >= 0.6 is 0 Å². The van der Waals surface area contributed by atoms with E-state index in [9.17, 15) is 4.79 Å². The number of hydrogen-bond acceptors (Lipinski definition) is 6. The van der Waals surface area contributed by atoms with E-state index in [0.29, 0.717) is 24.9 Å². The molecule has 2 heterocycles. The van der Waals surface area contributed by atoms with Crippen LogP contribution in [-0.2, 0) is 6.54 Å². The molecule has 25 heavy (non-hydrogen) atoms. The van der Waals surface area contributed by atoms with Gasteiger partial charge >= 0.3 is 6.03 Å². The van der Waals surface area contributed by atoms with Gasteiger partial charge in [-0.15, -0.1) is 10.2 Å². The predicted molar refractivity (Wildman–Crippen MR) is 91.9 cm³/mol. The molecule has 0 aliphatic carbocycles. The molecular formula is C17H23N5O3. The second kappa shape index (κ2) is 7.98. The molecule has 2 aromatic rings. The lowest BCUT2D eigenvalue weighted by Crippen LogP contribution is -2.47. The molecule has 1 aliphatic rings. The number of methoxy groups -OCH3 is 1. The number of nitrogens with zero attached hydrogens (tertiary/aromatic N) is 3. The minimum Gasteiger partial charge on any atom is -0.497 e. The Bertz CT molecular complexity index is 701. The van der Waals surface area contributed by atoms with Crippen LogP contribution in [0.1, 0.15) is 25.2 Å². The zero-order valence-corrected chi connectivity index (χ0v) is 14.3. The van der Waals surface area contributed by atoms with Gasteiger partial charge in [0.1, 0.15) is 5.75 Å². The number of nitrogens with one attached hydrogen (secondary N) is 1. The van der Waals surface area contributed by atoms with Gasteiger partial charge in [0, 0.05) is 18.2 Å². The molecule has 1 atom stereocenters. The number of nitrogens with two attached hydrogens (primary N) is 1. The number of ether oxygens (including phenoxy) is 1. The van der Waals surface area contributed by atoms with Crippen molar-refractivity contribution in [1.29, 1.82) is 0 Å². The fourth-order valence-electron chi connectivity index (χ4n) is 3.06. The lowest BCUT2D eigenvalue weighted by molar-refractivity contribution is 0.127. The first-order valence-electron chi connectivity index (χ1n) is 8.40. The molecule has 134 valence electrons. The number of urea groups is 1. The second-order valence-electron chi connectivity index (χ2n) is 6.09. The van der Waals surface area contributed by atoms with Crippen molar-refractivity contribution >= 4 is 6.03 Å². The summed E-state index contributed by atoms with van der Waals surface area (Å²) in [5, 5.41) is 11.0. The summed E-state index contributed by atoms with van der Waals surface area (Å²) in [5.74, 6) is 1.83. The molecule has 1 aromatic carbocycles. The molecule has 0 radical (unpaired) electrons. The van der Waals surface area contributed by atoms with Crippen molar-refractivity contribution < 1.29 is 13.9 Å². The molecule has 8 nitrogen and oxygen atoms in total. The maximum atomic E-state index is 11.0. The first-order chi connectivity index (χ1) is 12.2. The highest BCUT2D eigenvalue weighted by Crippen LogP contribution is 2.23. The lowest BCUT2D eigenvalue weighted by atomic mass is 10.0. The van der Waals surface area contributed by atoms with Gasteiger partial charge in [0.05, 0.1) is 13.7 Å². The Morgan fingerprint density at radius 3 is 2.88 bits per heavy atom. The van der Waals surface area contributed by atoms with Crippen LogP contribution in [-0.4, -0.2) is 47.4 Å². The van der Waals surface area contributed by atoms with Crippen LogP contribution in [0.3, 0.4) is 0 Å². The van der Waals surface area contributed by atoms with E-state index in [0.717, 1.165) is 37.1 Å². The highest BCUT2D eigenvalue weighted by atomic mass is 16.5. The van der Waals surface area contributed by atoms with E-state index in [1.165, 1.54) is 0 Å². The van der Waals surface area contributed by atoms with Crippen molar-refractivity contribution in [1.82, 2.24) is 20.4 Å². The smallest absolute Gasteiger partial charge is 0.312 e. The lowest BCUT2D eigenvalue weighted by Gasteiger charge is -2.34. The van der Waals surface area contributed by atoms with E-state index in [4.69, 9.17) is 14.9 Å². The molecule has 3 rings (SSSR count). The van der Waals surface area contributed by atoms with Crippen molar-refractivity contribution in [3.05, 3.63) is 30.2 Å². The van der Waals surface area contributed by atoms with Crippen LogP contribution in [0.5, 0.6) is 5.75 Å². The Morgan fingerprint density at radius 1 is 1.36 bits per heavy atom. The Labute approximate surface area is 146 Å². The maximum absolute atomic E-state index is 11.0. The van der Waals surface area contributed by atoms with Gasteiger partial charge in [0.15, 0.2) is 0 Å². The molecule has 1 aromatic heterocycles. The normalized spacial score (nSPS) is 18.0. The van der Waals surface area contributed by atoms with E-state index in [-0.39, 0.29) is 6.04 Å². The molecule has 1 aliphatic heterocycles. The molecule has 3 N–H and O–H groups in total. The fraction of sp³-hybridized carbons (Fsp3) is 0.471. The Kier molecular flexibility index (Phi) is 5.49. The Hall–Kier alpha value is -2.61. The van der Waals surface area contributed by atoms with Crippen LogP contribution in [0.4, 0.5) is 4.79 Å². The highest BCUT2D eigenvalue weighted by molar-refractivity contribution is 5.71. The summed E-state index contributed by atoms with van der Waals surface area (Å²) < 4.78 is 11.0. The summed E-state index contributed by atoms with van der Waals surface area (Å²) in [6.45, 7) is 2.04. The molecule has 0 bridgehead atoms. The van der Waals surface area contributed by atoms with Crippen molar-refractivity contribution in [2.75, 3.05) is 20.2 Å². The van der Waals surface area contributed by atoms with Crippen molar-refractivity contribution in [2.45, 2.75) is 31.8 Å². The number of hydrogen-bond donors (Lipinski definition) is 2. The molecule has 0 unspecified atom stereocenters. The number of benzene rings is 1. The number of carbonyl (C=O) groups is 1. The number of amides is 2. The Morgan fingerprint density at radius 2 is 2.16 bits per heavy atom. The molecule has 0 saturated carbocycles. The predicted octanol–water partition coefficient (Wildman–Crippen LogP) is 1.77. The minimum atomic E-state index is -0.495. The molecule has 0 spiro atoms. The standard InChI is InChI=1S/C17H23N5O3/c1-24-14-7-5-12(6-8-14)16-21-20-15(25-16)11-22-9-3-2-4-13(22)10-19-17(18)23/h5-8,13H,2-4,9-11H2,1H3,(H3,18,19,23)/t13-/m1/s1. The van der Waals surface area contributed by atoms with Gasteiger partial charge in [-0.1, -0.05) is 6.42 Å². The molecule has 2 amide bonds. The van der Waals surface area contributed by atoms with Gasteiger partial charge in [-0.2, -0.15) is 0 Å². The summed E-state index contributed by atoms with van der Waals surface area (Å²) >= 11 is 0. The zero-order valence-electron chi connectivity index (χ0n) is 14.3. The Balaban J connectivity index is 1.65. The summed E-state index contributed by atoms with van der Waals surface area (Å²) in [5.41, 5.74) is 6.03. The summed E-state index contributed by atoms with van der Waals surface area (Å²) in [6, 6.07) is 7.22. The molecule has 1 fully saturated rings. The largest absolute Gasteiger partial charge is 0.497 e. The first-order valence-corrected chi connectivity index (χ1v) is 8.40. The number of rotatable bonds is 6. The monoisotopic (exact) mass is 345 g/mol. The van der Waals surface area contributed by atoms with Crippen LogP contribution in [0.25, 0.3) is 11.5 Å². The van der Waals surface area contributed by atoms with E-state index in [1.807, 2.05) is 24.3 Å². The average Bonchev–Trinajstić information content (AvgIpc) is 3.09. The summed E-state index contributed by atoms with van der Waals surface area (Å²) in [6.07, 6.45) is 3.27. The fourth-order valence-corrected chi connectivity index (χ4v) is 3.06. The maximum Gasteiger partial charge on any atom is 0.312 e. The first kappa shape index (κ1) is 17.2. The van der Waals surface area contributed by atoms with Crippen molar-refractivity contribution in [2.24, 2.45) is 5.73 Å². The van der Waals surface area contributed by atoms with Gasteiger partial charge in [-0.25, -0.2) is 4.79 Å². The van der Waals surface area contributed by atoms with Crippen molar-refractivity contribution in [3.63, 3.8) is 0 Å². The number of primary amides is 1. The third-order valence-electron chi connectivity index (χ3n) is 4.40. The van der Waals surface area contributed by atoms with Gasteiger partial charge in [0.25, 0.3) is 0 Å². The third-order valence-corrected chi connectivity index (χ3v) is 4.40. The molecule has 8 heteroatoms. The van der Waals surface area contributed by atoms with Crippen LogP contribution in [0.15, 0.2) is 28.7 Å². The number of likely N-dealkylation sites (tertiary alicyclic amines) is 1. The van der Waals surface area contributed by atoms with E-state index < -0.39 is 6.03 Å². The quantitative estimate of drug-likeness (QED) is 0.826. The SMILES string of the molecule is COc1ccc(-c2nnc(CN3CCCC[C@@H]3CNC(N)=O)o2)cc1. The molecular weight excluding hydrogens is 322 g/mol. The van der Waals surface area contributed by atoms with Gasteiger partial charge < -0.3 is 20.2 Å². The van der Waals surface area contributed by atoms with Crippen LogP contribution in [0, 0.1) is 0 Å². The van der Waals surface area contributed by atoms with Gasteiger partial charge in [-0.05, 0) is 43.7 Å². The van der Waals surface area contributed by atoms with E-state index >= 15 is 0 Å². The van der Waals surface area contributed by atoms with E-state index in [2.05, 4.69) is 20.4 Å². The number of carbonyl (C=O) groups excluding carboxylic acids is 1. The van der Waals surface area contributed by atoms with Gasteiger partial charge in [-0.3, -0.25) is 4.90 Å². The minimum absolute atomic E-state index is 0.234.